The van der Waals surface area contributed by atoms with Gasteiger partial charge in [-0.05, 0) is 24.1 Å². The van der Waals surface area contributed by atoms with E-state index in [-0.39, 0.29) is 5.76 Å². The lowest BCUT2D eigenvalue weighted by Crippen LogP contribution is -2.36. The Labute approximate surface area is 134 Å². The van der Waals surface area contributed by atoms with Crippen molar-refractivity contribution >= 4 is 16.9 Å². The van der Waals surface area contributed by atoms with E-state index in [2.05, 4.69) is 4.79 Å². The summed E-state index contributed by atoms with van der Waals surface area (Å²) in [6, 6.07) is 16.4. The first-order valence-corrected chi connectivity index (χ1v) is 7.37. The maximum Gasteiger partial charge on any atom is 0.321 e. The second-order valence-electron chi connectivity index (χ2n) is 5.56. The van der Waals surface area contributed by atoms with Gasteiger partial charge in [0, 0.05) is 5.57 Å². The molecule has 0 heterocycles. The Bertz CT molecular complexity index is 859. The third kappa shape index (κ3) is 2.73. The van der Waals surface area contributed by atoms with Gasteiger partial charge in [-0.2, -0.15) is 4.79 Å². The van der Waals surface area contributed by atoms with Crippen molar-refractivity contribution in [2.75, 3.05) is 0 Å². The molecule has 0 amide bonds. The summed E-state index contributed by atoms with van der Waals surface area (Å²) in [5.74, 6) is 0.0904. The molecule has 2 aromatic carbocycles. The number of allylic oxidation sites excluding steroid dienone is 1. The third-order valence-electron chi connectivity index (χ3n) is 3.96. The van der Waals surface area contributed by atoms with E-state index in [1.165, 1.54) is 0 Å². The Morgan fingerprint density at radius 1 is 1.04 bits per heavy atom. The number of aryl methyl sites for hydroxylation is 1. The van der Waals surface area contributed by atoms with Crippen molar-refractivity contribution in [3.63, 3.8) is 0 Å². The van der Waals surface area contributed by atoms with E-state index < -0.39 is 6.04 Å². The number of nitrogens with zero attached hydrogens (tertiary/aromatic N) is 2. The molecule has 3 N–H and O–H groups in total. The molecule has 0 saturated carbocycles. The summed E-state index contributed by atoms with van der Waals surface area (Å²) in [5, 5.41) is 10.5. The van der Waals surface area contributed by atoms with Gasteiger partial charge in [0.1, 0.15) is 11.8 Å². The molecule has 23 heavy (non-hydrogen) atoms. The zero-order chi connectivity index (χ0) is 16.4. The monoisotopic (exact) mass is 303 g/mol. The second kappa shape index (κ2) is 6.05. The SMILES string of the molecule is Cc1cccc(C2=CC(O)=C(c3ccccc3)C(N)C2=[N+]=[N-])c1. The average molecular weight is 303 g/mol. The van der Waals surface area contributed by atoms with Crippen LogP contribution in [0.3, 0.4) is 0 Å². The van der Waals surface area contributed by atoms with Gasteiger partial charge in [-0.25, -0.2) is 0 Å². The lowest BCUT2D eigenvalue weighted by Gasteiger charge is -2.20. The highest BCUT2D eigenvalue weighted by Crippen LogP contribution is 2.32. The molecule has 0 aromatic heterocycles. The normalized spacial score (nSPS) is 17.7. The Kier molecular flexibility index (Phi) is 3.94. The molecule has 114 valence electrons. The van der Waals surface area contributed by atoms with Crippen LogP contribution in [-0.2, 0) is 0 Å². The number of benzene rings is 2. The molecule has 1 unspecified atom stereocenters. The first kappa shape index (κ1) is 15.0. The Morgan fingerprint density at radius 2 is 1.74 bits per heavy atom. The zero-order valence-electron chi connectivity index (χ0n) is 12.8. The van der Waals surface area contributed by atoms with Crippen LogP contribution in [0.1, 0.15) is 16.7 Å². The summed E-state index contributed by atoms with van der Waals surface area (Å²) in [6.45, 7) is 1.98. The molecule has 0 saturated heterocycles. The number of hydrogen-bond donors (Lipinski definition) is 2. The summed E-state index contributed by atoms with van der Waals surface area (Å²) in [7, 11) is 0. The van der Waals surface area contributed by atoms with E-state index in [0.29, 0.717) is 16.9 Å². The lowest BCUT2D eigenvalue weighted by molar-refractivity contribution is -0.00559. The van der Waals surface area contributed by atoms with Crippen LogP contribution in [0.2, 0.25) is 0 Å². The number of hydrogen-bond acceptors (Lipinski definition) is 2. The number of aliphatic hydroxyl groups is 1. The maximum atomic E-state index is 10.5. The second-order valence-corrected chi connectivity index (χ2v) is 5.56. The van der Waals surface area contributed by atoms with Crippen molar-refractivity contribution in [2.45, 2.75) is 13.0 Å². The highest BCUT2D eigenvalue weighted by Gasteiger charge is 2.35. The van der Waals surface area contributed by atoms with Crippen LogP contribution in [0.15, 0.2) is 66.4 Å². The fourth-order valence-corrected chi connectivity index (χ4v) is 2.86. The fraction of sp³-hybridized carbons (Fsp3) is 0.105. The molecule has 1 atom stereocenters. The predicted molar refractivity (Wildman–Crippen MR) is 91.7 cm³/mol. The van der Waals surface area contributed by atoms with E-state index in [0.717, 1.165) is 16.7 Å². The average Bonchev–Trinajstić information content (AvgIpc) is 2.55. The molecule has 1 aliphatic rings. The third-order valence-corrected chi connectivity index (χ3v) is 3.96. The van der Waals surface area contributed by atoms with Gasteiger partial charge in [0.2, 0.25) is 0 Å². The highest BCUT2D eigenvalue weighted by molar-refractivity contribution is 6.29. The van der Waals surface area contributed by atoms with E-state index in [1.807, 2.05) is 61.5 Å². The maximum absolute atomic E-state index is 10.5. The van der Waals surface area contributed by atoms with Crippen molar-refractivity contribution in [3.8, 4) is 0 Å². The van der Waals surface area contributed by atoms with Crippen LogP contribution in [0.5, 0.6) is 0 Å². The molecule has 4 heteroatoms. The molecule has 0 radical (unpaired) electrons. The molecule has 1 aliphatic carbocycles. The molecule has 0 bridgehead atoms. The first-order valence-electron chi connectivity index (χ1n) is 7.37. The van der Waals surface area contributed by atoms with Gasteiger partial charge < -0.3 is 16.4 Å². The minimum absolute atomic E-state index is 0.0904. The smallest absolute Gasteiger partial charge is 0.321 e. The number of nitrogens with two attached hydrogens (primary N) is 1. The fourth-order valence-electron chi connectivity index (χ4n) is 2.86. The Hall–Kier alpha value is -2.94. The molecule has 0 spiro atoms. The summed E-state index contributed by atoms with van der Waals surface area (Å²) in [4.78, 5) is 3.40. The van der Waals surface area contributed by atoms with Crippen molar-refractivity contribution < 1.29 is 9.90 Å². The molecule has 3 rings (SSSR count). The molecule has 0 aliphatic heterocycles. The first-order chi connectivity index (χ1) is 11.1. The summed E-state index contributed by atoms with van der Waals surface area (Å²) >= 11 is 0. The van der Waals surface area contributed by atoms with Crippen LogP contribution >= 0.6 is 0 Å². The summed E-state index contributed by atoms with van der Waals surface area (Å²) in [6.07, 6.45) is 1.61. The lowest BCUT2D eigenvalue weighted by atomic mass is 9.83. The number of rotatable bonds is 2. The molecule has 4 nitrogen and oxygen atoms in total. The van der Waals surface area contributed by atoms with E-state index in [4.69, 9.17) is 5.73 Å². The minimum atomic E-state index is -0.706. The minimum Gasteiger partial charge on any atom is -0.508 e. The van der Waals surface area contributed by atoms with Gasteiger partial charge in [-0.15, -0.1) is 0 Å². The van der Waals surface area contributed by atoms with Gasteiger partial charge in [0.05, 0.1) is 5.57 Å². The zero-order valence-corrected chi connectivity index (χ0v) is 12.8. The van der Waals surface area contributed by atoms with Crippen LogP contribution < -0.4 is 5.73 Å². The Morgan fingerprint density at radius 3 is 2.39 bits per heavy atom. The molecule has 0 fully saturated rings. The highest BCUT2D eigenvalue weighted by atomic mass is 16.3. The van der Waals surface area contributed by atoms with Gasteiger partial charge in [0.25, 0.3) is 0 Å². The van der Waals surface area contributed by atoms with Crippen molar-refractivity contribution in [1.29, 1.82) is 0 Å². The summed E-state index contributed by atoms with van der Waals surface area (Å²) in [5.41, 5.74) is 20.0. The van der Waals surface area contributed by atoms with Gasteiger partial charge in [-0.1, -0.05) is 60.2 Å². The summed E-state index contributed by atoms with van der Waals surface area (Å²) < 4.78 is 0. The van der Waals surface area contributed by atoms with E-state index in [9.17, 15) is 10.6 Å². The number of aliphatic hydroxyl groups excluding tert-OH is 1. The van der Waals surface area contributed by atoms with Crippen LogP contribution in [0.25, 0.3) is 16.7 Å². The van der Waals surface area contributed by atoms with Crippen molar-refractivity contribution in [1.82, 2.24) is 0 Å². The molecule has 2 aromatic rings. The largest absolute Gasteiger partial charge is 0.508 e. The van der Waals surface area contributed by atoms with E-state index in [1.54, 1.807) is 6.08 Å². The van der Waals surface area contributed by atoms with Crippen molar-refractivity contribution in [3.05, 3.63) is 88.7 Å². The Balaban J connectivity index is 2.19. The topological polar surface area (TPSA) is 82.7 Å². The predicted octanol–water partition coefficient (Wildman–Crippen LogP) is 3.36. The van der Waals surface area contributed by atoms with Crippen LogP contribution in [0, 0.1) is 6.92 Å². The van der Waals surface area contributed by atoms with Gasteiger partial charge >= 0.3 is 5.71 Å². The molecular weight excluding hydrogens is 286 g/mol. The van der Waals surface area contributed by atoms with Crippen LogP contribution in [0.4, 0.5) is 0 Å². The van der Waals surface area contributed by atoms with Gasteiger partial charge in [-0.3, -0.25) is 0 Å². The van der Waals surface area contributed by atoms with Gasteiger partial charge in [0.15, 0.2) is 0 Å². The van der Waals surface area contributed by atoms with Crippen LogP contribution in [-0.4, -0.2) is 21.6 Å². The quantitative estimate of drug-likeness (QED) is 0.658. The standard InChI is InChI=1S/C19H17N3O/c1-12-6-5-9-14(10-12)15-11-16(23)17(18(20)19(15)22-21)13-7-3-2-4-8-13/h2-11,18,23H,20H2,1H3. The van der Waals surface area contributed by atoms with Crippen molar-refractivity contribution in [2.24, 2.45) is 5.73 Å². The van der Waals surface area contributed by atoms with E-state index >= 15 is 0 Å². The molecular formula is C19H17N3O.